The van der Waals surface area contributed by atoms with E-state index in [0.29, 0.717) is 46.9 Å². The minimum atomic E-state index is -0.680. The summed E-state index contributed by atoms with van der Waals surface area (Å²) in [6, 6.07) is 10.5. The van der Waals surface area contributed by atoms with Crippen molar-refractivity contribution in [3.05, 3.63) is 40.9 Å². The lowest BCUT2D eigenvalue weighted by atomic mass is 9.78. The number of ether oxygens (including phenoxy) is 1. The first-order valence-electron chi connectivity index (χ1n) is 13.1. The molecule has 2 aliphatic rings. The number of halogens is 1. The summed E-state index contributed by atoms with van der Waals surface area (Å²) in [5.74, 6) is -0.313. The number of piperidine rings is 1. The van der Waals surface area contributed by atoms with Gasteiger partial charge in [-0.15, -0.1) is 0 Å². The predicted octanol–water partition coefficient (Wildman–Crippen LogP) is 5.66. The lowest BCUT2D eigenvalue weighted by Gasteiger charge is -2.32. The van der Waals surface area contributed by atoms with E-state index in [4.69, 9.17) is 21.3 Å². The summed E-state index contributed by atoms with van der Waals surface area (Å²) in [5, 5.41) is 9.76. The Balaban J connectivity index is 1.25. The number of likely N-dealkylation sites (tertiary alicyclic amines) is 1. The molecule has 1 aromatic carbocycles. The van der Waals surface area contributed by atoms with Crippen LogP contribution in [0.25, 0.3) is 22.4 Å². The first kappa shape index (κ1) is 25.5. The summed E-state index contributed by atoms with van der Waals surface area (Å²) in [6.07, 6.45) is 4.76. The van der Waals surface area contributed by atoms with Gasteiger partial charge in [-0.2, -0.15) is 4.98 Å². The number of aromatic amines is 1. The molecule has 9 heteroatoms. The molecule has 0 unspecified atom stereocenters. The van der Waals surface area contributed by atoms with Crippen molar-refractivity contribution >= 4 is 34.6 Å². The number of carbonyl (C=O) groups excluding carboxylic acids is 1. The van der Waals surface area contributed by atoms with E-state index in [0.717, 1.165) is 44.1 Å². The molecule has 0 atom stereocenters. The van der Waals surface area contributed by atoms with Gasteiger partial charge in [-0.25, -0.2) is 4.98 Å². The first-order chi connectivity index (χ1) is 17.8. The molecule has 1 saturated carbocycles. The van der Waals surface area contributed by atoms with Crippen LogP contribution in [-0.2, 0) is 9.59 Å². The second-order valence-corrected chi connectivity index (χ2v) is 10.9. The summed E-state index contributed by atoms with van der Waals surface area (Å²) in [5.41, 5.74) is 4.04. The molecule has 37 heavy (non-hydrogen) atoms. The summed E-state index contributed by atoms with van der Waals surface area (Å²) >= 11 is 6.60. The fraction of sp³-hybridized carbons (Fsp3) is 0.500. The fourth-order valence-electron chi connectivity index (χ4n) is 5.46. The topological polar surface area (TPSA) is 108 Å². The van der Waals surface area contributed by atoms with Gasteiger partial charge in [0.1, 0.15) is 6.10 Å². The third-order valence-corrected chi connectivity index (χ3v) is 7.95. The average Bonchev–Trinajstić information content (AvgIpc) is 3.29. The molecule has 1 saturated heterocycles. The number of carboxylic acid groups (broad SMARTS) is 1. The zero-order valence-corrected chi connectivity index (χ0v) is 22.0. The highest BCUT2D eigenvalue weighted by Crippen LogP contribution is 2.37. The number of nitrogens with zero attached hydrogens (tertiary/aromatic N) is 3. The SMILES string of the molecule is CC(C)C(=O)N1CCC(Oc2nc3nc(-c4ccc([C@H]5CC[C@H](C(=O)O)CC5)cc4)c(Cl)cc3[nH]2)CC1. The van der Waals surface area contributed by atoms with Gasteiger partial charge in [0.15, 0.2) is 5.65 Å². The molecular formula is C28H33ClN4O4. The smallest absolute Gasteiger partial charge is 0.306 e. The van der Waals surface area contributed by atoms with E-state index >= 15 is 0 Å². The van der Waals surface area contributed by atoms with E-state index in [2.05, 4.69) is 22.1 Å². The monoisotopic (exact) mass is 524 g/mol. The van der Waals surface area contributed by atoms with Crippen molar-refractivity contribution in [2.45, 2.75) is 64.4 Å². The van der Waals surface area contributed by atoms with Crippen LogP contribution in [-0.4, -0.2) is 56.0 Å². The quantitative estimate of drug-likeness (QED) is 0.430. The Kier molecular flexibility index (Phi) is 7.38. The number of fused-ring (bicyclic) bond motifs is 1. The highest BCUT2D eigenvalue weighted by molar-refractivity contribution is 6.33. The fourth-order valence-corrected chi connectivity index (χ4v) is 5.72. The summed E-state index contributed by atoms with van der Waals surface area (Å²) in [6.45, 7) is 5.23. The molecule has 1 aliphatic carbocycles. The minimum absolute atomic E-state index is 0.00731. The van der Waals surface area contributed by atoms with Crippen molar-refractivity contribution in [2.24, 2.45) is 11.8 Å². The van der Waals surface area contributed by atoms with E-state index < -0.39 is 5.97 Å². The van der Waals surface area contributed by atoms with Crippen LogP contribution in [0.5, 0.6) is 6.01 Å². The van der Waals surface area contributed by atoms with Gasteiger partial charge >= 0.3 is 5.97 Å². The van der Waals surface area contributed by atoms with Crippen LogP contribution < -0.4 is 4.74 Å². The molecule has 0 spiro atoms. The van der Waals surface area contributed by atoms with Crippen LogP contribution in [0, 0.1) is 11.8 Å². The van der Waals surface area contributed by atoms with Gasteiger partial charge in [-0.1, -0.05) is 49.7 Å². The number of rotatable bonds is 6. The van der Waals surface area contributed by atoms with Crippen molar-refractivity contribution in [1.82, 2.24) is 19.9 Å². The lowest BCUT2D eigenvalue weighted by Crippen LogP contribution is -2.43. The highest BCUT2D eigenvalue weighted by Gasteiger charge is 2.27. The number of carbonyl (C=O) groups is 2. The van der Waals surface area contributed by atoms with Crippen LogP contribution in [0.1, 0.15) is 63.9 Å². The van der Waals surface area contributed by atoms with E-state index in [1.807, 2.05) is 36.9 Å². The van der Waals surface area contributed by atoms with Crippen molar-refractivity contribution in [2.75, 3.05) is 13.1 Å². The zero-order chi connectivity index (χ0) is 26.1. The minimum Gasteiger partial charge on any atom is -0.481 e. The van der Waals surface area contributed by atoms with Gasteiger partial charge in [0.25, 0.3) is 6.01 Å². The summed E-state index contributed by atoms with van der Waals surface area (Å²) in [7, 11) is 0. The van der Waals surface area contributed by atoms with Crippen molar-refractivity contribution in [3.8, 4) is 17.3 Å². The van der Waals surface area contributed by atoms with Gasteiger partial charge in [0.05, 0.1) is 22.2 Å². The van der Waals surface area contributed by atoms with Gasteiger partial charge in [0, 0.05) is 37.4 Å². The van der Waals surface area contributed by atoms with E-state index in [1.54, 1.807) is 0 Å². The number of hydrogen-bond donors (Lipinski definition) is 2. The number of imidazole rings is 1. The van der Waals surface area contributed by atoms with Crippen molar-refractivity contribution < 1.29 is 19.4 Å². The molecule has 3 heterocycles. The molecular weight excluding hydrogens is 492 g/mol. The number of hydrogen-bond acceptors (Lipinski definition) is 5. The van der Waals surface area contributed by atoms with Gasteiger partial charge < -0.3 is 19.7 Å². The molecule has 1 amide bonds. The van der Waals surface area contributed by atoms with Gasteiger partial charge in [-0.3, -0.25) is 9.59 Å². The van der Waals surface area contributed by atoms with Crippen LogP contribution in [0.4, 0.5) is 0 Å². The van der Waals surface area contributed by atoms with Crippen LogP contribution in [0.15, 0.2) is 30.3 Å². The third-order valence-electron chi connectivity index (χ3n) is 7.66. The Hall–Kier alpha value is -3.13. The number of aromatic nitrogens is 3. The van der Waals surface area contributed by atoms with E-state index in [1.165, 1.54) is 5.56 Å². The number of nitrogens with one attached hydrogen (secondary N) is 1. The molecule has 3 aromatic rings. The Labute approximate surface area is 221 Å². The molecule has 5 rings (SSSR count). The van der Waals surface area contributed by atoms with Crippen molar-refractivity contribution in [3.63, 3.8) is 0 Å². The van der Waals surface area contributed by atoms with E-state index in [-0.39, 0.29) is 23.8 Å². The van der Waals surface area contributed by atoms with Crippen molar-refractivity contribution in [1.29, 1.82) is 0 Å². The van der Waals surface area contributed by atoms with Crippen LogP contribution in [0.2, 0.25) is 5.02 Å². The number of H-pyrrole nitrogens is 1. The van der Waals surface area contributed by atoms with Crippen LogP contribution in [0.3, 0.4) is 0 Å². The lowest BCUT2D eigenvalue weighted by molar-refractivity contribution is -0.143. The Morgan fingerprint density at radius 3 is 2.35 bits per heavy atom. The van der Waals surface area contributed by atoms with Gasteiger partial charge in [-0.05, 0) is 43.2 Å². The molecule has 0 radical (unpaired) electrons. The van der Waals surface area contributed by atoms with E-state index in [9.17, 15) is 14.7 Å². The first-order valence-corrected chi connectivity index (χ1v) is 13.5. The molecule has 2 N–H and O–H groups in total. The standard InChI is InChI=1S/C28H33ClN4O4/c1-16(2)26(34)33-13-11-21(12-14-33)37-28-30-23-15-22(29)24(31-25(23)32-28)19-7-3-17(4-8-19)18-5-9-20(10-6-18)27(35)36/h3-4,7-8,15-16,18,20-21H,5-6,9-14H2,1-2H3,(H,35,36)(H,30,31,32)/t18-,20-. The summed E-state index contributed by atoms with van der Waals surface area (Å²) < 4.78 is 6.10. The number of aliphatic carboxylic acids is 1. The van der Waals surface area contributed by atoms with Crippen LogP contribution >= 0.6 is 11.6 Å². The molecule has 196 valence electrons. The predicted molar refractivity (Wildman–Crippen MR) is 142 cm³/mol. The molecule has 0 bridgehead atoms. The largest absolute Gasteiger partial charge is 0.481 e. The highest BCUT2D eigenvalue weighted by atomic mass is 35.5. The second kappa shape index (κ2) is 10.7. The maximum atomic E-state index is 12.2. The average molecular weight is 525 g/mol. The molecule has 2 aromatic heterocycles. The normalized spacial score (nSPS) is 20.9. The Morgan fingerprint density at radius 1 is 1.05 bits per heavy atom. The number of pyridine rings is 1. The maximum absolute atomic E-state index is 12.2. The number of benzene rings is 1. The molecule has 1 aliphatic heterocycles. The Bertz CT molecular complexity index is 1270. The Morgan fingerprint density at radius 2 is 1.73 bits per heavy atom. The van der Waals surface area contributed by atoms with Gasteiger partial charge in [0.2, 0.25) is 5.91 Å². The number of carboxylic acids is 1. The molecule has 8 nitrogen and oxygen atoms in total. The molecule has 2 fully saturated rings. The third kappa shape index (κ3) is 5.59. The summed E-state index contributed by atoms with van der Waals surface area (Å²) in [4.78, 5) is 37.8. The number of amides is 1. The maximum Gasteiger partial charge on any atom is 0.306 e. The second-order valence-electron chi connectivity index (χ2n) is 10.5. The zero-order valence-electron chi connectivity index (χ0n) is 21.2.